The highest BCUT2D eigenvalue weighted by Gasteiger charge is 2.14. The molecule has 0 aliphatic heterocycles. The first-order valence-electron chi connectivity index (χ1n) is 7.82. The summed E-state index contributed by atoms with van der Waals surface area (Å²) in [6.07, 6.45) is 0.853. The van der Waals surface area contributed by atoms with Crippen molar-refractivity contribution in [2.75, 3.05) is 20.7 Å². The number of ether oxygens (including phenoxy) is 1. The third-order valence-corrected chi connectivity index (χ3v) is 3.89. The van der Waals surface area contributed by atoms with Crippen molar-refractivity contribution in [3.05, 3.63) is 71.8 Å². The second-order valence-corrected chi connectivity index (χ2v) is 5.70. The molecule has 2 rings (SSSR count). The Bertz CT molecular complexity index is 693. The number of aliphatic hydroxyl groups is 1. The smallest absolute Gasteiger partial charge is 0.246 e. The zero-order chi connectivity index (χ0) is 17.5. The standard InChI is InChI=1S/C20H23NO3/c1-15(16-7-5-4-6-8-16)13-20(23)21(2)14-19(22)17-9-11-18(24-3)12-10-17/h4-13,19,22H,14H2,1-3H3/b15-13+. The Balaban J connectivity index is 2.00. The quantitative estimate of drug-likeness (QED) is 0.829. The minimum absolute atomic E-state index is 0.135. The molecule has 1 atom stereocenters. The molecule has 1 amide bonds. The number of amides is 1. The van der Waals surface area contributed by atoms with Crippen LogP contribution in [0.15, 0.2) is 60.7 Å². The van der Waals surface area contributed by atoms with E-state index in [4.69, 9.17) is 4.74 Å². The van der Waals surface area contributed by atoms with Gasteiger partial charge in [-0.25, -0.2) is 0 Å². The molecule has 4 heteroatoms. The number of nitrogens with zero attached hydrogens (tertiary/aromatic N) is 1. The number of carbonyl (C=O) groups excluding carboxylic acids is 1. The number of aliphatic hydroxyl groups excluding tert-OH is 1. The fraction of sp³-hybridized carbons (Fsp3) is 0.250. The van der Waals surface area contributed by atoms with E-state index in [2.05, 4.69) is 0 Å². The van der Waals surface area contributed by atoms with E-state index < -0.39 is 6.10 Å². The second-order valence-electron chi connectivity index (χ2n) is 5.70. The first-order valence-corrected chi connectivity index (χ1v) is 7.82. The van der Waals surface area contributed by atoms with Gasteiger partial charge in [0.1, 0.15) is 5.75 Å². The Morgan fingerprint density at radius 3 is 2.38 bits per heavy atom. The van der Waals surface area contributed by atoms with E-state index in [0.29, 0.717) is 0 Å². The van der Waals surface area contributed by atoms with E-state index in [1.165, 1.54) is 4.90 Å². The summed E-state index contributed by atoms with van der Waals surface area (Å²) in [6.45, 7) is 2.13. The van der Waals surface area contributed by atoms with Gasteiger partial charge in [-0.05, 0) is 35.8 Å². The summed E-state index contributed by atoms with van der Waals surface area (Å²) >= 11 is 0. The monoisotopic (exact) mass is 325 g/mol. The van der Waals surface area contributed by atoms with Gasteiger partial charge in [-0.1, -0.05) is 42.5 Å². The average molecular weight is 325 g/mol. The summed E-state index contributed by atoms with van der Waals surface area (Å²) in [5, 5.41) is 10.3. The third-order valence-electron chi connectivity index (χ3n) is 3.89. The maximum atomic E-state index is 12.3. The highest BCUT2D eigenvalue weighted by molar-refractivity contribution is 5.94. The van der Waals surface area contributed by atoms with Crippen LogP contribution in [0.2, 0.25) is 0 Å². The van der Waals surface area contributed by atoms with Gasteiger partial charge in [0.05, 0.1) is 19.8 Å². The van der Waals surface area contributed by atoms with Gasteiger partial charge >= 0.3 is 0 Å². The summed E-state index contributed by atoms with van der Waals surface area (Å²) in [4.78, 5) is 13.8. The van der Waals surface area contributed by atoms with Gasteiger partial charge in [0, 0.05) is 13.1 Å². The molecule has 0 spiro atoms. The molecule has 1 unspecified atom stereocenters. The van der Waals surface area contributed by atoms with Crippen molar-refractivity contribution < 1.29 is 14.6 Å². The van der Waals surface area contributed by atoms with Crippen LogP contribution in [0.5, 0.6) is 5.75 Å². The van der Waals surface area contributed by atoms with Crippen LogP contribution in [-0.4, -0.2) is 36.6 Å². The van der Waals surface area contributed by atoms with Crippen LogP contribution in [0, 0.1) is 0 Å². The Kier molecular flexibility index (Phi) is 6.15. The Morgan fingerprint density at radius 1 is 1.17 bits per heavy atom. The molecule has 4 nitrogen and oxygen atoms in total. The number of hydrogen-bond acceptors (Lipinski definition) is 3. The molecule has 24 heavy (non-hydrogen) atoms. The predicted molar refractivity (Wildman–Crippen MR) is 95.7 cm³/mol. The van der Waals surface area contributed by atoms with Crippen molar-refractivity contribution >= 4 is 11.5 Å². The molecule has 0 saturated carbocycles. The topological polar surface area (TPSA) is 49.8 Å². The minimum Gasteiger partial charge on any atom is -0.497 e. The van der Waals surface area contributed by atoms with E-state index in [1.54, 1.807) is 44.5 Å². The second kappa shape index (κ2) is 8.31. The molecular formula is C20H23NO3. The van der Waals surface area contributed by atoms with E-state index in [1.807, 2.05) is 37.3 Å². The Labute approximate surface area is 143 Å². The van der Waals surface area contributed by atoms with Gasteiger partial charge in [0.25, 0.3) is 0 Å². The third kappa shape index (κ3) is 4.70. The minimum atomic E-state index is -0.740. The van der Waals surface area contributed by atoms with Crippen molar-refractivity contribution in [3.63, 3.8) is 0 Å². The van der Waals surface area contributed by atoms with Crippen molar-refractivity contribution in [1.82, 2.24) is 4.90 Å². The summed E-state index contributed by atoms with van der Waals surface area (Å²) in [6, 6.07) is 16.9. The molecule has 2 aromatic carbocycles. The van der Waals surface area contributed by atoms with Crippen LogP contribution in [0.4, 0.5) is 0 Å². The molecule has 0 aliphatic carbocycles. The number of allylic oxidation sites excluding steroid dienone is 1. The van der Waals surface area contributed by atoms with Crippen LogP contribution in [0.3, 0.4) is 0 Å². The van der Waals surface area contributed by atoms with Gasteiger partial charge in [0.15, 0.2) is 0 Å². The molecule has 2 aromatic rings. The summed E-state index contributed by atoms with van der Waals surface area (Å²) in [5.41, 5.74) is 2.65. The number of carbonyl (C=O) groups is 1. The van der Waals surface area contributed by atoms with Crippen molar-refractivity contribution in [3.8, 4) is 5.75 Å². The lowest BCUT2D eigenvalue weighted by molar-refractivity contribution is -0.126. The maximum Gasteiger partial charge on any atom is 0.246 e. The van der Waals surface area contributed by atoms with Crippen molar-refractivity contribution in [2.24, 2.45) is 0 Å². The number of rotatable bonds is 6. The maximum absolute atomic E-state index is 12.3. The van der Waals surface area contributed by atoms with Crippen LogP contribution in [0.25, 0.3) is 5.57 Å². The van der Waals surface area contributed by atoms with Crippen LogP contribution in [0.1, 0.15) is 24.2 Å². The molecule has 1 N–H and O–H groups in total. The van der Waals surface area contributed by atoms with Crippen molar-refractivity contribution in [2.45, 2.75) is 13.0 Å². The van der Waals surface area contributed by atoms with Crippen molar-refractivity contribution in [1.29, 1.82) is 0 Å². The molecule has 126 valence electrons. The van der Waals surface area contributed by atoms with Gasteiger partial charge in [0.2, 0.25) is 5.91 Å². The molecular weight excluding hydrogens is 302 g/mol. The van der Waals surface area contributed by atoms with Gasteiger partial charge in [-0.3, -0.25) is 4.79 Å². The number of likely N-dealkylation sites (N-methyl/N-ethyl adjacent to an activating group) is 1. The molecule has 0 saturated heterocycles. The Morgan fingerprint density at radius 2 is 1.79 bits per heavy atom. The van der Waals surface area contributed by atoms with E-state index in [-0.39, 0.29) is 12.5 Å². The van der Waals surface area contributed by atoms with E-state index >= 15 is 0 Å². The van der Waals surface area contributed by atoms with E-state index in [9.17, 15) is 9.90 Å². The van der Waals surface area contributed by atoms with Crippen LogP contribution < -0.4 is 4.74 Å². The SMILES string of the molecule is COc1ccc(C(O)CN(C)C(=O)/C=C(\C)c2ccccc2)cc1. The van der Waals surface area contributed by atoms with Crippen LogP contribution >= 0.6 is 0 Å². The molecule has 0 radical (unpaired) electrons. The summed E-state index contributed by atoms with van der Waals surface area (Å²) in [7, 11) is 3.28. The highest BCUT2D eigenvalue weighted by Crippen LogP contribution is 2.19. The van der Waals surface area contributed by atoms with Crippen LogP contribution in [-0.2, 0) is 4.79 Å². The number of hydrogen-bond donors (Lipinski definition) is 1. The van der Waals surface area contributed by atoms with E-state index in [0.717, 1.165) is 22.4 Å². The average Bonchev–Trinajstić information content (AvgIpc) is 2.62. The zero-order valence-corrected chi connectivity index (χ0v) is 14.3. The fourth-order valence-electron chi connectivity index (χ4n) is 2.36. The number of benzene rings is 2. The number of methoxy groups -OCH3 is 1. The predicted octanol–water partition coefficient (Wildman–Crippen LogP) is 3.29. The first kappa shape index (κ1) is 17.8. The first-order chi connectivity index (χ1) is 11.5. The highest BCUT2D eigenvalue weighted by atomic mass is 16.5. The zero-order valence-electron chi connectivity index (χ0n) is 14.3. The Hall–Kier alpha value is -2.59. The molecule has 0 heterocycles. The normalized spacial score (nSPS) is 12.6. The largest absolute Gasteiger partial charge is 0.497 e. The van der Waals surface area contributed by atoms with Gasteiger partial charge in [-0.2, -0.15) is 0 Å². The molecule has 0 bridgehead atoms. The van der Waals surface area contributed by atoms with Gasteiger partial charge in [-0.15, -0.1) is 0 Å². The lowest BCUT2D eigenvalue weighted by Crippen LogP contribution is -2.29. The fourth-order valence-corrected chi connectivity index (χ4v) is 2.36. The lowest BCUT2D eigenvalue weighted by Gasteiger charge is -2.20. The summed E-state index contributed by atoms with van der Waals surface area (Å²) in [5.74, 6) is 0.598. The van der Waals surface area contributed by atoms with Gasteiger partial charge < -0.3 is 14.7 Å². The molecule has 0 fully saturated rings. The molecule has 0 aromatic heterocycles. The lowest BCUT2D eigenvalue weighted by atomic mass is 10.1. The summed E-state index contributed by atoms with van der Waals surface area (Å²) < 4.78 is 5.10. The molecule has 0 aliphatic rings.